The summed E-state index contributed by atoms with van der Waals surface area (Å²) in [5.41, 5.74) is 2.40. The number of hydrogen-bond acceptors (Lipinski definition) is 2. The van der Waals surface area contributed by atoms with Crippen molar-refractivity contribution in [2.75, 3.05) is 7.11 Å². The Hall–Kier alpha value is -1.77. The summed E-state index contributed by atoms with van der Waals surface area (Å²) >= 11 is 0. The lowest BCUT2D eigenvalue weighted by atomic mass is 9.98. The number of aryl methyl sites for hydroxylation is 1. The quantitative estimate of drug-likeness (QED) is 0.785. The fourth-order valence-corrected chi connectivity index (χ4v) is 1.78. The van der Waals surface area contributed by atoms with Crippen LogP contribution in [0.3, 0.4) is 0 Å². The Morgan fingerprint density at radius 3 is 2.72 bits per heavy atom. The van der Waals surface area contributed by atoms with E-state index in [0.29, 0.717) is 12.3 Å². The van der Waals surface area contributed by atoms with Gasteiger partial charge in [-0.05, 0) is 36.0 Å². The normalized spacial score (nSPS) is 11.1. The van der Waals surface area contributed by atoms with Gasteiger partial charge in [-0.1, -0.05) is 32.1 Å². The van der Waals surface area contributed by atoms with Crippen LogP contribution in [0.15, 0.2) is 30.4 Å². The minimum atomic E-state index is -0.905. The van der Waals surface area contributed by atoms with E-state index in [1.807, 2.05) is 6.07 Å². The van der Waals surface area contributed by atoms with Crippen molar-refractivity contribution in [2.45, 2.75) is 32.6 Å². The van der Waals surface area contributed by atoms with Crippen LogP contribution in [0.4, 0.5) is 0 Å². The molecular formula is C15H20O3. The third kappa shape index (κ3) is 4.24. The highest BCUT2D eigenvalue weighted by Gasteiger charge is 2.06. The van der Waals surface area contributed by atoms with Crippen molar-refractivity contribution in [3.63, 3.8) is 0 Å². The summed E-state index contributed by atoms with van der Waals surface area (Å²) in [4.78, 5) is 10.4. The van der Waals surface area contributed by atoms with Crippen LogP contribution in [0, 0.1) is 0 Å². The Balaban J connectivity index is 2.78. The third-order valence-electron chi connectivity index (χ3n) is 2.81. The summed E-state index contributed by atoms with van der Waals surface area (Å²) in [5.74, 6) is 0.435. The zero-order valence-electron chi connectivity index (χ0n) is 11.1. The number of carboxylic acids is 1. The molecule has 0 heterocycles. The molecule has 0 aliphatic carbocycles. The molecule has 0 aliphatic rings. The van der Waals surface area contributed by atoms with Gasteiger partial charge in [-0.2, -0.15) is 0 Å². The highest BCUT2D eigenvalue weighted by atomic mass is 16.5. The number of aliphatic carboxylic acids is 1. The molecule has 1 N–H and O–H groups in total. The maximum atomic E-state index is 10.4. The molecule has 0 fully saturated rings. The molecule has 1 aromatic carbocycles. The van der Waals surface area contributed by atoms with E-state index in [1.165, 1.54) is 11.6 Å². The standard InChI is InChI=1S/C15H20O3/c1-11(2)12-8-9-14(18-3)13(10-12)6-4-5-7-15(16)17/h5,7-11H,4,6H2,1-3H3,(H,16,17)/b7-5+. The first-order valence-electron chi connectivity index (χ1n) is 6.11. The Morgan fingerprint density at radius 1 is 1.44 bits per heavy atom. The van der Waals surface area contributed by atoms with Crippen LogP contribution in [0.2, 0.25) is 0 Å². The predicted octanol–water partition coefficient (Wildman–Crippen LogP) is 3.39. The van der Waals surface area contributed by atoms with Crippen LogP contribution >= 0.6 is 0 Å². The molecule has 0 saturated carbocycles. The molecule has 98 valence electrons. The summed E-state index contributed by atoms with van der Waals surface area (Å²) in [7, 11) is 1.65. The summed E-state index contributed by atoms with van der Waals surface area (Å²) in [6.45, 7) is 4.30. The summed E-state index contributed by atoms with van der Waals surface area (Å²) < 4.78 is 5.32. The molecule has 0 aromatic heterocycles. The van der Waals surface area contributed by atoms with Gasteiger partial charge in [0.15, 0.2) is 0 Å². The zero-order valence-corrected chi connectivity index (χ0v) is 11.1. The van der Waals surface area contributed by atoms with Crippen LogP contribution in [0.25, 0.3) is 0 Å². The van der Waals surface area contributed by atoms with E-state index in [0.717, 1.165) is 17.7 Å². The van der Waals surface area contributed by atoms with Gasteiger partial charge in [0.25, 0.3) is 0 Å². The van der Waals surface area contributed by atoms with Crippen molar-refractivity contribution in [2.24, 2.45) is 0 Å². The summed E-state index contributed by atoms with van der Waals surface area (Å²) in [6, 6.07) is 6.18. The van der Waals surface area contributed by atoms with E-state index >= 15 is 0 Å². The van der Waals surface area contributed by atoms with E-state index in [1.54, 1.807) is 13.2 Å². The van der Waals surface area contributed by atoms with Crippen molar-refractivity contribution >= 4 is 5.97 Å². The fourth-order valence-electron chi connectivity index (χ4n) is 1.78. The second-order valence-electron chi connectivity index (χ2n) is 4.51. The van der Waals surface area contributed by atoms with Gasteiger partial charge in [0.2, 0.25) is 0 Å². The van der Waals surface area contributed by atoms with Crippen LogP contribution in [0.5, 0.6) is 5.75 Å². The van der Waals surface area contributed by atoms with Crippen LogP contribution < -0.4 is 4.74 Å². The van der Waals surface area contributed by atoms with Crippen LogP contribution in [-0.2, 0) is 11.2 Å². The summed E-state index contributed by atoms with van der Waals surface area (Å²) in [6.07, 6.45) is 4.33. The molecule has 0 atom stereocenters. The van der Waals surface area contributed by atoms with Gasteiger partial charge in [-0.15, -0.1) is 0 Å². The molecule has 0 spiro atoms. The van der Waals surface area contributed by atoms with Crippen molar-refractivity contribution in [3.8, 4) is 5.75 Å². The number of hydrogen-bond donors (Lipinski definition) is 1. The lowest BCUT2D eigenvalue weighted by molar-refractivity contribution is -0.131. The second-order valence-corrected chi connectivity index (χ2v) is 4.51. The molecule has 1 rings (SSSR count). The van der Waals surface area contributed by atoms with Crippen molar-refractivity contribution < 1.29 is 14.6 Å². The van der Waals surface area contributed by atoms with Crippen molar-refractivity contribution in [3.05, 3.63) is 41.5 Å². The van der Waals surface area contributed by atoms with Gasteiger partial charge >= 0.3 is 5.97 Å². The maximum Gasteiger partial charge on any atom is 0.327 e. The molecule has 0 aliphatic heterocycles. The maximum absolute atomic E-state index is 10.4. The Morgan fingerprint density at radius 2 is 2.17 bits per heavy atom. The molecule has 0 saturated heterocycles. The number of ether oxygens (including phenoxy) is 1. The average Bonchev–Trinajstić information content (AvgIpc) is 2.34. The van der Waals surface area contributed by atoms with Gasteiger partial charge in [0.1, 0.15) is 5.75 Å². The molecule has 18 heavy (non-hydrogen) atoms. The first kappa shape index (κ1) is 14.3. The SMILES string of the molecule is COc1ccc(C(C)C)cc1CC/C=C/C(=O)O. The Bertz CT molecular complexity index is 433. The largest absolute Gasteiger partial charge is 0.496 e. The lowest BCUT2D eigenvalue weighted by Gasteiger charge is -2.12. The van der Waals surface area contributed by atoms with E-state index in [4.69, 9.17) is 9.84 Å². The highest BCUT2D eigenvalue weighted by Crippen LogP contribution is 2.25. The Labute approximate surface area is 108 Å². The number of allylic oxidation sites excluding steroid dienone is 1. The number of methoxy groups -OCH3 is 1. The number of carbonyl (C=O) groups is 1. The average molecular weight is 248 g/mol. The van der Waals surface area contributed by atoms with Crippen LogP contribution in [0.1, 0.15) is 37.3 Å². The van der Waals surface area contributed by atoms with E-state index in [-0.39, 0.29) is 0 Å². The van der Waals surface area contributed by atoms with E-state index in [9.17, 15) is 4.79 Å². The Kier molecular flexibility index (Phi) is 5.43. The third-order valence-corrected chi connectivity index (χ3v) is 2.81. The van der Waals surface area contributed by atoms with Crippen molar-refractivity contribution in [1.29, 1.82) is 0 Å². The number of rotatable bonds is 6. The van der Waals surface area contributed by atoms with Gasteiger partial charge in [0, 0.05) is 6.08 Å². The topological polar surface area (TPSA) is 46.5 Å². The van der Waals surface area contributed by atoms with Crippen molar-refractivity contribution in [1.82, 2.24) is 0 Å². The molecule has 0 amide bonds. The molecular weight excluding hydrogens is 228 g/mol. The fraction of sp³-hybridized carbons (Fsp3) is 0.400. The van der Waals surface area contributed by atoms with Gasteiger partial charge in [0.05, 0.1) is 7.11 Å². The number of benzene rings is 1. The minimum Gasteiger partial charge on any atom is -0.496 e. The van der Waals surface area contributed by atoms with Gasteiger partial charge in [-0.25, -0.2) is 4.79 Å². The van der Waals surface area contributed by atoms with Gasteiger partial charge < -0.3 is 9.84 Å². The molecule has 3 heteroatoms. The summed E-state index contributed by atoms with van der Waals surface area (Å²) in [5, 5.41) is 8.52. The molecule has 0 radical (unpaired) electrons. The predicted molar refractivity (Wildman–Crippen MR) is 72.2 cm³/mol. The van der Waals surface area contributed by atoms with Gasteiger partial charge in [-0.3, -0.25) is 0 Å². The molecule has 1 aromatic rings. The lowest BCUT2D eigenvalue weighted by Crippen LogP contribution is -1.96. The first-order chi connectivity index (χ1) is 8.54. The molecule has 0 bridgehead atoms. The first-order valence-corrected chi connectivity index (χ1v) is 6.11. The zero-order chi connectivity index (χ0) is 13.5. The smallest absolute Gasteiger partial charge is 0.327 e. The van der Waals surface area contributed by atoms with E-state index in [2.05, 4.69) is 26.0 Å². The number of carboxylic acid groups (broad SMARTS) is 1. The van der Waals surface area contributed by atoms with Crippen LogP contribution in [-0.4, -0.2) is 18.2 Å². The second kappa shape index (κ2) is 6.84. The minimum absolute atomic E-state index is 0.476. The molecule has 3 nitrogen and oxygen atoms in total. The highest BCUT2D eigenvalue weighted by molar-refractivity contribution is 5.79. The molecule has 0 unspecified atom stereocenters. The van der Waals surface area contributed by atoms with E-state index < -0.39 is 5.97 Å². The monoisotopic (exact) mass is 248 g/mol.